The van der Waals surface area contributed by atoms with Gasteiger partial charge in [0.2, 0.25) is 5.75 Å². The molecule has 0 unspecified atom stereocenters. The highest BCUT2D eigenvalue weighted by molar-refractivity contribution is 5.89. The Morgan fingerprint density at radius 1 is 1.04 bits per heavy atom. The summed E-state index contributed by atoms with van der Waals surface area (Å²) in [5.74, 6) is -0.117. The van der Waals surface area contributed by atoms with Crippen LogP contribution < -0.4 is 15.1 Å². The van der Waals surface area contributed by atoms with Crippen molar-refractivity contribution in [2.24, 2.45) is 0 Å². The third-order valence-electron chi connectivity index (χ3n) is 3.92. The molecule has 0 saturated carbocycles. The van der Waals surface area contributed by atoms with Gasteiger partial charge in [-0.1, -0.05) is 45.1 Å². The molecule has 2 N–H and O–H groups in total. The molecule has 0 aliphatic rings. The smallest absolute Gasteiger partial charge is 0.383 e. The normalized spacial score (nSPS) is 11.0. The van der Waals surface area contributed by atoms with E-state index in [4.69, 9.17) is 19.0 Å². The number of aliphatic hydroxyl groups is 1. The Bertz CT molecular complexity index is 722. The van der Waals surface area contributed by atoms with Crippen LogP contribution in [0.5, 0.6) is 17.2 Å². The fraction of sp³-hybridized carbons (Fsp3) is 0.526. The Hall–Kier alpha value is -2.21. The van der Waals surface area contributed by atoms with Gasteiger partial charge in [0.05, 0.1) is 18.6 Å². The maximum Gasteiger partial charge on any atom is 0.383 e. The summed E-state index contributed by atoms with van der Waals surface area (Å²) in [6.07, 6.45) is 6.62. The molecule has 0 bridgehead atoms. The lowest BCUT2D eigenvalue weighted by Crippen LogP contribution is -2.09. The van der Waals surface area contributed by atoms with Crippen LogP contribution in [0.2, 0.25) is 0 Å². The van der Waals surface area contributed by atoms with Gasteiger partial charge in [0.15, 0.2) is 17.1 Å². The molecule has 2 rings (SSSR count). The van der Waals surface area contributed by atoms with Crippen LogP contribution in [-0.2, 0) is 0 Å². The summed E-state index contributed by atoms with van der Waals surface area (Å²) >= 11 is 0. The topological polar surface area (TPSA) is 89.1 Å². The molecule has 0 radical (unpaired) electrons. The molecule has 0 aliphatic carbocycles. The number of aromatic hydroxyl groups is 1. The first-order valence-electron chi connectivity index (χ1n) is 8.84. The van der Waals surface area contributed by atoms with Gasteiger partial charge in [-0.15, -0.1) is 0 Å². The highest BCUT2D eigenvalue weighted by atomic mass is 16.5. The van der Waals surface area contributed by atoms with Gasteiger partial charge in [0, 0.05) is 0 Å². The molecule has 0 atom stereocenters. The maximum atomic E-state index is 12.1. The molecule has 0 saturated heterocycles. The zero-order valence-corrected chi connectivity index (χ0v) is 14.6. The number of aliphatic hydroxyl groups excluding tert-OH is 1. The molecule has 0 fully saturated rings. The maximum absolute atomic E-state index is 12.1. The van der Waals surface area contributed by atoms with Gasteiger partial charge in [-0.2, -0.15) is 0 Å². The Morgan fingerprint density at radius 3 is 2.56 bits per heavy atom. The minimum absolute atomic E-state index is 0.0693. The van der Waals surface area contributed by atoms with Crippen LogP contribution in [-0.4, -0.2) is 30.0 Å². The molecule has 1 aromatic carbocycles. The van der Waals surface area contributed by atoms with E-state index in [2.05, 4.69) is 6.92 Å². The van der Waals surface area contributed by atoms with E-state index in [1.54, 1.807) is 18.2 Å². The van der Waals surface area contributed by atoms with Crippen LogP contribution in [0.15, 0.2) is 27.4 Å². The van der Waals surface area contributed by atoms with Gasteiger partial charge in [-0.25, -0.2) is 4.79 Å². The number of rotatable bonds is 11. The lowest BCUT2D eigenvalue weighted by Gasteiger charge is -2.11. The summed E-state index contributed by atoms with van der Waals surface area (Å²) in [7, 11) is 0. The zero-order chi connectivity index (χ0) is 18.1. The van der Waals surface area contributed by atoms with E-state index in [-0.39, 0.29) is 30.3 Å². The van der Waals surface area contributed by atoms with Crippen molar-refractivity contribution in [3.05, 3.63) is 28.6 Å². The van der Waals surface area contributed by atoms with E-state index in [1.165, 1.54) is 19.3 Å². The van der Waals surface area contributed by atoms with Crippen molar-refractivity contribution in [2.45, 2.75) is 45.4 Å². The number of ether oxygens (including phenoxy) is 2. The second kappa shape index (κ2) is 9.93. The first kappa shape index (κ1) is 19.1. The molecule has 0 aliphatic heterocycles. The number of hydrogen-bond donors (Lipinski definition) is 2. The summed E-state index contributed by atoms with van der Waals surface area (Å²) in [5, 5.41) is 19.6. The Labute approximate surface area is 147 Å². The van der Waals surface area contributed by atoms with Crippen LogP contribution in [0, 0.1) is 0 Å². The van der Waals surface area contributed by atoms with Gasteiger partial charge in [0.1, 0.15) is 6.61 Å². The summed E-state index contributed by atoms with van der Waals surface area (Å²) in [6.45, 7) is 2.44. The van der Waals surface area contributed by atoms with E-state index in [0.29, 0.717) is 17.7 Å². The molecule has 0 spiro atoms. The van der Waals surface area contributed by atoms with E-state index in [0.717, 1.165) is 19.3 Å². The lowest BCUT2D eigenvalue weighted by atomic mass is 10.1. The Kier molecular flexibility index (Phi) is 7.60. The number of para-hydroxylation sites is 1. The van der Waals surface area contributed by atoms with Crippen LogP contribution in [0.25, 0.3) is 11.0 Å². The fourth-order valence-electron chi connectivity index (χ4n) is 2.62. The number of fused-ring (bicyclic) bond motifs is 1. The Morgan fingerprint density at radius 2 is 1.80 bits per heavy atom. The largest absolute Gasteiger partial charge is 0.504 e. The SMILES string of the molecule is CCCCCCCCOc1c(O)c2cccc(OCCO)c2oc1=O. The quantitative estimate of drug-likeness (QED) is 0.475. The Balaban J connectivity index is 2.07. The van der Waals surface area contributed by atoms with Crippen molar-refractivity contribution >= 4 is 11.0 Å². The van der Waals surface area contributed by atoms with E-state index in [1.807, 2.05) is 0 Å². The molecule has 6 heteroatoms. The monoisotopic (exact) mass is 350 g/mol. The predicted molar refractivity (Wildman–Crippen MR) is 95.6 cm³/mol. The molecule has 1 aromatic heterocycles. The minimum atomic E-state index is -0.740. The fourth-order valence-corrected chi connectivity index (χ4v) is 2.62. The van der Waals surface area contributed by atoms with Crippen molar-refractivity contribution in [3.63, 3.8) is 0 Å². The average molecular weight is 350 g/mol. The van der Waals surface area contributed by atoms with Crippen molar-refractivity contribution in [1.29, 1.82) is 0 Å². The summed E-state index contributed by atoms with van der Waals surface area (Å²) in [4.78, 5) is 12.1. The van der Waals surface area contributed by atoms with Gasteiger partial charge in [-0.05, 0) is 18.6 Å². The van der Waals surface area contributed by atoms with Crippen molar-refractivity contribution in [3.8, 4) is 17.2 Å². The highest BCUT2D eigenvalue weighted by Crippen LogP contribution is 2.35. The number of unbranched alkanes of at least 4 members (excludes halogenated alkanes) is 5. The van der Waals surface area contributed by atoms with Gasteiger partial charge in [-0.3, -0.25) is 0 Å². The first-order chi connectivity index (χ1) is 12.2. The van der Waals surface area contributed by atoms with Crippen LogP contribution in [0.4, 0.5) is 0 Å². The van der Waals surface area contributed by atoms with Crippen LogP contribution in [0.1, 0.15) is 45.4 Å². The first-order valence-corrected chi connectivity index (χ1v) is 8.84. The molecule has 138 valence electrons. The predicted octanol–water partition coefficient (Wildman–Crippen LogP) is 3.61. The second-order valence-corrected chi connectivity index (χ2v) is 5.89. The van der Waals surface area contributed by atoms with Crippen molar-refractivity contribution < 1.29 is 24.1 Å². The summed E-state index contributed by atoms with van der Waals surface area (Å²) < 4.78 is 16.1. The molecule has 6 nitrogen and oxygen atoms in total. The van der Waals surface area contributed by atoms with E-state index in [9.17, 15) is 9.90 Å². The molecule has 2 aromatic rings. The summed E-state index contributed by atoms with van der Waals surface area (Å²) in [5.41, 5.74) is -0.596. The number of hydrogen-bond acceptors (Lipinski definition) is 6. The average Bonchev–Trinajstić information content (AvgIpc) is 2.61. The third-order valence-corrected chi connectivity index (χ3v) is 3.92. The van der Waals surface area contributed by atoms with Gasteiger partial charge in [0.25, 0.3) is 0 Å². The molecular formula is C19H26O6. The highest BCUT2D eigenvalue weighted by Gasteiger charge is 2.18. The minimum Gasteiger partial charge on any atom is -0.504 e. The standard InChI is InChI=1S/C19H26O6/c1-2-3-4-5-6-7-12-24-18-16(21)14-9-8-10-15(23-13-11-20)17(14)25-19(18)22/h8-10,20-21H,2-7,11-13H2,1H3. The molecule has 0 amide bonds. The van der Waals surface area contributed by atoms with Crippen molar-refractivity contribution in [1.82, 2.24) is 0 Å². The molecule has 25 heavy (non-hydrogen) atoms. The zero-order valence-electron chi connectivity index (χ0n) is 14.6. The van der Waals surface area contributed by atoms with E-state index < -0.39 is 5.63 Å². The second-order valence-electron chi connectivity index (χ2n) is 5.89. The third kappa shape index (κ3) is 5.13. The van der Waals surface area contributed by atoms with Crippen LogP contribution >= 0.6 is 0 Å². The van der Waals surface area contributed by atoms with Gasteiger partial charge < -0.3 is 24.1 Å². The lowest BCUT2D eigenvalue weighted by molar-refractivity contribution is 0.201. The number of benzene rings is 1. The molecular weight excluding hydrogens is 324 g/mol. The van der Waals surface area contributed by atoms with Crippen molar-refractivity contribution in [2.75, 3.05) is 19.8 Å². The van der Waals surface area contributed by atoms with E-state index >= 15 is 0 Å². The molecule has 1 heterocycles. The summed E-state index contributed by atoms with van der Waals surface area (Å²) in [6, 6.07) is 4.90. The van der Waals surface area contributed by atoms with Crippen LogP contribution in [0.3, 0.4) is 0 Å². The van der Waals surface area contributed by atoms with Gasteiger partial charge >= 0.3 is 5.63 Å².